The maximum atomic E-state index is 15.4. The van der Waals surface area contributed by atoms with Crippen LogP contribution in [0.5, 0.6) is 5.88 Å². The van der Waals surface area contributed by atoms with Crippen molar-refractivity contribution < 1.29 is 23.5 Å². The molecule has 4 aromatic rings. The molecular weight excluding hydrogens is 716 g/mol. The summed E-state index contributed by atoms with van der Waals surface area (Å²) < 4.78 is 21.1. The maximum Gasteiger partial charge on any atom is 0.328 e. The molecule has 2 aromatic carbocycles. The number of rotatable bonds is 8. The number of fused-ring (bicyclic) bond motifs is 3. The highest BCUT2D eigenvalue weighted by Crippen LogP contribution is 2.36. The number of aromatic nitrogens is 3. The molecule has 0 bridgehead atoms. The van der Waals surface area contributed by atoms with Crippen molar-refractivity contribution in [1.82, 2.24) is 30.1 Å². The van der Waals surface area contributed by atoms with Gasteiger partial charge in [0.2, 0.25) is 23.6 Å². The molecule has 290 valence electrons. The lowest BCUT2D eigenvalue weighted by Crippen LogP contribution is -2.49. The first-order chi connectivity index (χ1) is 27.2. The van der Waals surface area contributed by atoms with Crippen LogP contribution in [0.3, 0.4) is 0 Å². The Morgan fingerprint density at radius 1 is 0.964 bits per heavy atom. The van der Waals surface area contributed by atoms with E-state index in [1.54, 1.807) is 17.0 Å². The van der Waals surface area contributed by atoms with Gasteiger partial charge in [-0.25, -0.2) is 24.1 Å². The first kappa shape index (κ1) is 35.8. The van der Waals surface area contributed by atoms with E-state index in [0.717, 1.165) is 85.9 Å². The summed E-state index contributed by atoms with van der Waals surface area (Å²) in [5.74, 6) is 0.735. The molecule has 0 radical (unpaired) electrons. The minimum absolute atomic E-state index is 0.00748. The Balaban J connectivity index is 0.758. The lowest BCUT2D eigenvalue weighted by molar-refractivity contribution is -0.132. The van der Waals surface area contributed by atoms with Crippen LogP contribution in [0.2, 0.25) is 0 Å². The standard InChI is InChI=1S/C41H45FN10O4/c1-25-35(20-44-39-38(25)43-10-15-56-39)51-13-8-28-19-45-40(47-34(28)24-51)46-31-4-2-27(33(42)18-31)17-37(54)50-11-6-26(7-12-50)21-49-22-29-3-5-32(16-30(29)23-49)52-14-9-36(53)48-41(52)55/h2-5,16,18-20,26,43H,6-15,17,21-24H2,1H3,(H,45,46,47)(H,48,53,55). The molecule has 0 spiro atoms. The van der Waals surface area contributed by atoms with E-state index >= 15 is 4.39 Å². The molecule has 2 aromatic heterocycles. The normalized spacial score (nSPS) is 18.4. The topological polar surface area (TPSA) is 148 Å². The lowest BCUT2D eigenvalue weighted by Gasteiger charge is -2.34. The van der Waals surface area contributed by atoms with Crippen molar-refractivity contribution in [2.45, 2.75) is 58.7 Å². The molecule has 0 unspecified atom stereocenters. The maximum absolute atomic E-state index is 15.4. The van der Waals surface area contributed by atoms with Gasteiger partial charge in [-0.2, -0.15) is 0 Å². The van der Waals surface area contributed by atoms with E-state index in [-0.39, 0.29) is 24.3 Å². The zero-order chi connectivity index (χ0) is 38.3. The van der Waals surface area contributed by atoms with Crippen molar-refractivity contribution >= 4 is 46.5 Å². The van der Waals surface area contributed by atoms with Gasteiger partial charge in [0, 0.05) is 81.9 Å². The summed E-state index contributed by atoms with van der Waals surface area (Å²) in [7, 11) is 0. The first-order valence-electron chi connectivity index (χ1n) is 19.5. The van der Waals surface area contributed by atoms with E-state index in [1.807, 2.05) is 23.4 Å². The number of nitrogens with zero attached hydrogens (tertiary/aromatic N) is 7. The third-order valence-electron chi connectivity index (χ3n) is 11.7. The molecule has 5 aliphatic heterocycles. The number of piperidine rings is 1. The summed E-state index contributed by atoms with van der Waals surface area (Å²) in [5, 5.41) is 8.96. The molecule has 14 nitrogen and oxygen atoms in total. The number of nitrogens with one attached hydrogen (secondary N) is 3. The number of urea groups is 1. The number of anilines is 5. The molecule has 2 saturated heterocycles. The number of amides is 4. The zero-order valence-corrected chi connectivity index (χ0v) is 31.4. The highest BCUT2D eigenvalue weighted by molar-refractivity contribution is 6.05. The van der Waals surface area contributed by atoms with Gasteiger partial charge in [0.25, 0.3) is 0 Å². The van der Waals surface area contributed by atoms with Gasteiger partial charge in [0.05, 0.1) is 30.5 Å². The van der Waals surface area contributed by atoms with Crippen LogP contribution in [0.1, 0.15) is 52.8 Å². The Morgan fingerprint density at radius 2 is 1.82 bits per heavy atom. The Morgan fingerprint density at radius 3 is 2.66 bits per heavy atom. The molecule has 4 amide bonds. The Hall–Kier alpha value is -5.83. The van der Waals surface area contributed by atoms with Crippen LogP contribution in [0, 0.1) is 18.7 Å². The second kappa shape index (κ2) is 15.0. The van der Waals surface area contributed by atoms with Gasteiger partial charge in [-0.15, -0.1) is 0 Å². The van der Waals surface area contributed by atoms with Gasteiger partial charge in [0.15, 0.2) is 0 Å². The molecular formula is C41H45FN10O4. The SMILES string of the molecule is Cc1c(N2CCc3cnc(Nc4ccc(CC(=O)N5CCC(CN6Cc7ccc(N8CCC(=O)NC8=O)cc7C6)CC5)c(F)c4)nc3C2)cnc2c1NCCO2. The molecule has 2 fully saturated rings. The van der Waals surface area contributed by atoms with Gasteiger partial charge in [-0.1, -0.05) is 12.1 Å². The fourth-order valence-corrected chi connectivity index (χ4v) is 8.56. The predicted molar refractivity (Wildman–Crippen MR) is 208 cm³/mol. The molecule has 15 heteroatoms. The van der Waals surface area contributed by atoms with Crippen LogP contribution < -0.4 is 30.5 Å². The monoisotopic (exact) mass is 760 g/mol. The highest BCUT2D eigenvalue weighted by atomic mass is 19.1. The summed E-state index contributed by atoms with van der Waals surface area (Å²) in [6.07, 6.45) is 6.60. The Labute approximate surface area is 324 Å². The number of hydrogen-bond acceptors (Lipinski definition) is 11. The van der Waals surface area contributed by atoms with Gasteiger partial charge in [-0.3, -0.25) is 24.7 Å². The third-order valence-corrected chi connectivity index (χ3v) is 11.7. The van der Waals surface area contributed by atoms with Gasteiger partial charge < -0.3 is 25.2 Å². The number of imide groups is 1. The molecule has 0 aliphatic carbocycles. The van der Waals surface area contributed by atoms with Crippen LogP contribution in [-0.2, 0) is 42.1 Å². The molecule has 56 heavy (non-hydrogen) atoms. The first-order valence-corrected chi connectivity index (χ1v) is 19.5. The van der Waals surface area contributed by atoms with Crippen molar-refractivity contribution in [3.8, 4) is 5.88 Å². The number of carbonyl (C=O) groups is 3. The number of likely N-dealkylation sites (tertiary alicyclic amines) is 1. The van der Waals surface area contributed by atoms with Gasteiger partial charge in [-0.05, 0) is 78.6 Å². The number of carbonyl (C=O) groups excluding carboxylic acids is 3. The van der Waals surface area contributed by atoms with Crippen LogP contribution in [0.4, 0.5) is 37.9 Å². The van der Waals surface area contributed by atoms with Crippen molar-refractivity contribution in [2.24, 2.45) is 5.92 Å². The van der Waals surface area contributed by atoms with E-state index in [2.05, 4.69) is 54.8 Å². The van der Waals surface area contributed by atoms with Crippen LogP contribution >= 0.6 is 0 Å². The minimum Gasteiger partial charge on any atom is -0.474 e. The lowest BCUT2D eigenvalue weighted by atomic mass is 9.95. The molecule has 3 N–H and O–H groups in total. The summed E-state index contributed by atoms with van der Waals surface area (Å²) in [6, 6.07) is 10.6. The third kappa shape index (κ3) is 7.30. The van der Waals surface area contributed by atoms with Crippen LogP contribution in [0.25, 0.3) is 0 Å². The highest BCUT2D eigenvalue weighted by Gasteiger charge is 2.30. The minimum atomic E-state index is -0.443. The average molecular weight is 761 g/mol. The van der Waals surface area contributed by atoms with Crippen LogP contribution in [0.15, 0.2) is 48.8 Å². The van der Waals surface area contributed by atoms with Crippen molar-refractivity contribution in [3.05, 3.63) is 88.1 Å². The van der Waals surface area contributed by atoms with E-state index in [1.165, 1.54) is 17.2 Å². The number of pyridine rings is 1. The van der Waals surface area contributed by atoms with Crippen molar-refractivity contribution in [2.75, 3.05) is 66.3 Å². The van der Waals surface area contributed by atoms with E-state index in [4.69, 9.17) is 9.72 Å². The zero-order valence-electron chi connectivity index (χ0n) is 31.4. The van der Waals surface area contributed by atoms with Crippen LogP contribution in [-0.4, -0.2) is 88.5 Å². The van der Waals surface area contributed by atoms with Crippen molar-refractivity contribution in [3.63, 3.8) is 0 Å². The largest absolute Gasteiger partial charge is 0.474 e. The average Bonchev–Trinajstić information content (AvgIpc) is 3.61. The number of ether oxygens (including phenoxy) is 1. The molecule has 7 heterocycles. The molecule has 0 saturated carbocycles. The van der Waals surface area contributed by atoms with E-state index in [0.29, 0.717) is 68.2 Å². The van der Waals surface area contributed by atoms with Crippen molar-refractivity contribution in [1.29, 1.82) is 0 Å². The molecule has 9 rings (SSSR count). The quantitative estimate of drug-likeness (QED) is 0.230. The molecule has 0 atom stereocenters. The number of hydrogen-bond donors (Lipinski definition) is 3. The van der Waals surface area contributed by atoms with E-state index in [9.17, 15) is 14.4 Å². The summed E-state index contributed by atoms with van der Waals surface area (Å²) in [4.78, 5) is 59.2. The Kier molecular flexibility index (Phi) is 9.61. The summed E-state index contributed by atoms with van der Waals surface area (Å²) in [5.41, 5.74) is 9.21. The second-order valence-corrected chi connectivity index (χ2v) is 15.4. The predicted octanol–water partition coefficient (Wildman–Crippen LogP) is 4.67. The van der Waals surface area contributed by atoms with E-state index < -0.39 is 5.82 Å². The summed E-state index contributed by atoms with van der Waals surface area (Å²) in [6.45, 7) is 9.12. The number of benzene rings is 2. The Bertz CT molecular complexity index is 2210. The fraction of sp³-hybridized carbons (Fsp3) is 0.415. The molecule has 5 aliphatic rings. The second-order valence-electron chi connectivity index (χ2n) is 15.4. The van der Waals surface area contributed by atoms with Gasteiger partial charge >= 0.3 is 6.03 Å². The fourth-order valence-electron chi connectivity index (χ4n) is 8.56. The number of halogens is 1. The summed E-state index contributed by atoms with van der Waals surface area (Å²) >= 11 is 0. The smallest absolute Gasteiger partial charge is 0.328 e. The van der Waals surface area contributed by atoms with Gasteiger partial charge in [0.1, 0.15) is 18.1 Å².